The second-order valence-electron chi connectivity index (χ2n) is 13.4. The van der Waals surface area contributed by atoms with E-state index in [0.29, 0.717) is 0 Å². The Balaban J connectivity index is 4.10. The van der Waals surface area contributed by atoms with Crippen molar-refractivity contribution in [2.45, 2.75) is 207 Å². The van der Waals surface area contributed by atoms with Crippen LogP contribution in [-0.4, -0.2) is 29.7 Å². The van der Waals surface area contributed by atoms with Crippen LogP contribution in [0.2, 0.25) is 0 Å². The van der Waals surface area contributed by atoms with Gasteiger partial charge in [-0.15, -0.1) is 0 Å². The van der Waals surface area contributed by atoms with Crippen molar-refractivity contribution in [1.29, 1.82) is 0 Å². The summed E-state index contributed by atoms with van der Waals surface area (Å²) in [5.41, 5.74) is 0. The second kappa shape index (κ2) is 28.4. The zero-order valence-electron chi connectivity index (χ0n) is 28.7. The van der Waals surface area contributed by atoms with Crippen molar-refractivity contribution >= 4 is 6.83 Å². The number of nitrogens with zero attached hydrogens (tertiary/aromatic N) is 1. The molecule has 0 aliphatic rings. The molecule has 41 heavy (non-hydrogen) atoms. The maximum atomic E-state index is 11.6. The van der Waals surface area contributed by atoms with E-state index in [1.54, 1.807) is 0 Å². The van der Waals surface area contributed by atoms with Gasteiger partial charge in [-0.05, 0) is 0 Å². The van der Waals surface area contributed by atoms with Gasteiger partial charge in [0.15, 0.2) is 0 Å². The van der Waals surface area contributed by atoms with Crippen molar-refractivity contribution in [1.82, 2.24) is 0 Å². The molecule has 0 unspecified atom stereocenters. The summed E-state index contributed by atoms with van der Waals surface area (Å²) in [7, 11) is 0. The Hall–Kier alpha value is -0.370. The molecule has 5 heteroatoms. The Kier molecular flexibility index (Phi) is 28.1. The molecule has 0 saturated heterocycles. The Morgan fingerprint density at radius 2 is 0.634 bits per heavy atom. The summed E-state index contributed by atoms with van der Waals surface area (Å²) >= 11 is 0. The van der Waals surface area contributed by atoms with Crippen molar-refractivity contribution in [3.8, 4) is 0 Å². The molecule has 0 aliphatic carbocycles. The van der Waals surface area contributed by atoms with Crippen LogP contribution in [0.3, 0.4) is 0 Å². The first-order valence-corrected chi connectivity index (χ1v) is 21.7. The molecule has 0 heterocycles. The van der Waals surface area contributed by atoms with Crippen LogP contribution in [0.1, 0.15) is 207 Å². The van der Waals surface area contributed by atoms with E-state index in [1.807, 2.05) is 0 Å². The molecule has 0 aromatic heterocycles. The van der Waals surface area contributed by atoms with Gasteiger partial charge in [0.05, 0.1) is 0 Å². The predicted octanol–water partition coefficient (Wildman–Crippen LogP) is 13.7. The Labute approximate surface area is 258 Å². The van der Waals surface area contributed by atoms with Crippen LogP contribution >= 0.6 is 6.83 Å². The van der Waals surface area contributed by atoms with Gasteiger partial charge < -0.3 is 0 Å². The van der Waals surface area contributed by atoms with Crippen LogP contribution in [0.5, 0.6) is 0 Å². The molecule has 0 aromatic rings. The van der Waals surface area contributed by atoms with Crippen molar-refractivity contribution in [3.05, 3.63) is 10.1 Å². The van der Waals surface area contributed by atoms with E-state index in [9.17, 15) is 10.1 Å². The monoisotopic (exact) mass is 602 g/mol. The molecular weight excluding hydrogens is 525 g/mol. The SMILES string of the molecule is CCCCCCCCCCCCCCCCP(CC)(CC)(CCCCCCCCCCCCCCCC)O[N+](=O)[O-]. The fourth-order valence-corrected chi connectivity index (χ4v) is 11.5. The summed E-state index contributed by atoms with van der Waals surface area (Å²) in [5, 5.41) is 11.2. The Morgan fingerprint density at radius 3 is 0.829 bits per heavy atom. The van der Waals surface area contributed by atoms with E-state index >= 15 is 0 Å². The average molecular weight is 602 g/mol. The first-order chi connectivity index (χ1) is 20.0. The minimum atomic E-state index is -2.75. The maximum absolute atomic E-state index is 11.6. The van der Waals surface area contributed by atoms with Crippen LogP contribution < -0.4 is 0 Å². The first kappa shape index (κ1) is 40.6. The van der Waals surface area contributed by atoms with Gasteiger partial charge in [0.1, 0.15) is 0 Å². The summed E-state index contributed by atoms with van der Waals surface area (Å²) in [4.78, 5) is 11.6. The average Bonchev–Trinajstić information content (AvgIpc) is 2.97. The van der Waals surface area contributed by atoms with Gasteiger partial charge in [0, 0.05) is 0 Å². The number of rotatable bonds is 34. The molecule has 248 valence electrons. The molecule has 0 saturated carbocycles. The van der Waals surface area contributed by atoms with Crippen molar-refractivity contribution in [2.75, 3.05) is 24.6 Å². The quantitative estimate of drug-likeness (QED) is 0.0319. The molecular formula is C36H76NO3P. The number of hydrogen-bond donors (Lipinski definition) is 0. The molecule has 0 rings (SSSR count). The first-order valence-electron chi connectivity index (χ1n) is 18.8. The van der Waals surface area contributed by atoms with Gasteiger partial charge >= 0.3 is 206 Å². The van der Waals surface area contributed by atoms with Gasteiger partial charge in [-0.3, -0.25) is 0 Å². The third-order valence-corrected chi connectivity index (χ3v) is 16.7. The van der Waals surface area contributed by atoms with E-state index in [4.69, 9.17) is 4.62 Å². The molecule has 0 atom stereocenters. The molecule has 0 N–H and O–H groups in total. The minimum absolute atomic E-state index is 0.432. The molecule has 0 fully saturated rings. The predicted molar refractivity (Wildman–Crippen MR) is 186 cm³/mol. The molecule has 0 radical (unpaired) electrons. The van der Waals surface area contributed by atoms with Gasteiger partial charge in [0.2, 0.25) is 0 Å². The fraction of sp³-hybridized carbons (Fsp3) is 1.00. The molecule has 0 amide bonds. The topological polar surface area (TPSA) is 52.4 Å². The summed E-state index contributed by atoms with van der Waals surface area (Å²) < 4.78 is 5.80. The zero-order valence-corrected chi connectivity index (χ0v) is 29.6. The fourth-order valence-electron chi connectivity index (χ4n) is 6.77. The van der Waals surface area contributed by atoms with E-state index in [1.165, 1.54) is 167 Å². The summed E-state index contributed by atoms with van der Waals surface area (Å²) in [6.07, 6.45) is 41.3. The number of unbranched alkanes of at least 4 members (excludes halogenated alkanes) is 26. The van der Waals surface area contributed by atoms with Crippen LogP contribution in [0, 0.1) is 10.1 Å². The Bertz CT molecular complexity index is 531. The summed E-state index contributed by atoms with van der Waals surface area (Å²) in [6, 6.07) is 0. The van der Waals surface area contributed by atoms with E-state index < -0.39 is 11.9 Å². The van der Waals surface area contributed by atoms with Gasteiger partial charge in [-0.1, -0.05) is 52.4 Å². The second-order valence-corrected chi connectivity index (χ2v) is 19.5. The molecule has 0 bridgehead atoms. The van der Waals surface area contributed by atoms with Crippen LogP contribution in [0.25, 0.3) is 0 Å². The molecule has 0 spiro atoms. The standard InChI is InChI=1S/C36H76NO3P/c1-5-9-11-13-15-17-19-21-23-25-27-29-31-33-35-41(7-3,8-4,40-37(38)39)36-34-32-30-28-26-24-22-20-18-16-14-12-10-6-2/h5-36H2,1-4H3. The molecule has 0 aliphatic heterocycles. The van der Waals surface area contributed by atoms with Crippen LogP contribution in [0.4, 0.5) is 0 Å². The Morgan fingerprint density at radius 1 is 0.415 bits per heavy atom. The van der Waals surface area contributed by atoms with Crippen LogP contribution in [-0.2, 0) is 4.62 Å². The molecule has 0 aromatic carbocycles. The zero-order chi connectivity index (χ0) is 30.4. The normalized spacial score (nSPS) is 12.8. The summed E-state index contributed by atoms with van der Waals surface area (Å²) in [6.45, 7) is 6.14. The van der Waals surface area contributed by atoms with Crippen LogP contribution in [0.15, 0.2) is 0 Å². The third kappa shape index (κ3) is 22.8. The van der Waals surface area contributed by atoms with Gasteiger partial charge in [-0.25, -0.2) is 0 Å². The number of hydrogen-bond acceptors (Lipinski definition) is 3. The molecule has 4 nitrogen and oxygen atoms in total. The van der Waals surface area contributed by atoms with Crippen molar-refractivity contribution in [2.24, 2.45) is 0 Å². The van der Waals surface area contributed by atoms with Crippen molar-refractivity contribution < 1.29 is 9.71 Å². The van der Waals surface area contributed by atoms with Crippen molar-refractivity contribution in [3.63, 3.8) is 0 Å². The van der Waals surface area contributed by atoms with E-state index in [-0.39, 0.29) is 0 Å². The summed E-state index contributed by atoms with van der Waals surface area (Å²) in [5.74, 6) is 0. The van der Waals surface area contributed by atoms with Gasteiger partial charge in [0.25, 0.3) is 0 Å². The third-order valence-electron chi connectivity index (χ3n) is 10.1. The van der Waals surface area contributed by atoms with E-state index in [0.717, 1.165) is 37.5 Å². The van der Waals surface area contributed by atoms with Gasteiger partial charge in [-0.2, -0.15) is 0 Å². The van der Waals surface area contributed by atoms with E-state index in [2.05, 4.69) is 27.7 Å².